The molecule has 124 valence electrons. The molecule has 0 spiro atoms. The predicted molar refractivity (Wildman–Crippen MR) is 96.3 cm³/mol. The Labute approximate surface area is 145 Å². The van der Waals surface area contributed by atoms with Crippen molar-refractivity contribution in [1.82, 2.24) is 14.8 Å². The second-order valence-electron chi connectivity index (χ2n) is 6.28. The van der Waals surface area contributed by atoms with Gasteiger partial charge in [0.15, 0.2) is 5.13 Å². The van der Waals surface area contributed by atoms with Gasteiger partial charge in [-0.15, -0.1) is 11.3 Å². The zero-order chi connectivity index (χ0) is 16.6. The second kappa shape index (κ2) is 6.03. The number of morpholine rings is 1. The standard InChI is InChI=1S/C18H20N4OS/c1-18(15-10-19-21(2)11-15)13-22(8-9-23-18)17-20-16(12-24-17)14-6-4-3-5-7-14/h3-7,10-12H,8-9,13H2,1-2H3. The van der Waals surface area contributed by atoms with E-state index in [1.165, 1.54) is 0 Å². The average molecular weight is 340 g/mol. The van der Waals surface area contributed by atoms with Gasteiger partial charge in [0, 0.05) is 36.3 Å². The summed E-state index contributed by atoms with van der Waals surface area (Å²) in [6, 6.07) is 10.3. The van der Waals surface area contributed by atoms with Crippen LogP contribution in [0.25, 0.3) is 11.3 Å². The van der Waals surface area contributed by atoms with Gasteiger partial charge in [0.2, 0.25) is 0 Å². The van der Waals surface area contributed by atoms with Gasteiger partial charge in [-0.3, -0.25) is 4.68 Å². The van der Waals surface area contributed by atoms with Crippen molar-refractivity contribution >= 4 is 16.5 Å². The maximum atomic E-state index is 6.09. The van der Waals surface area contributed by atoms with Crippen LogP contribution in [0.3, 0.4) is 0 Å². The molecule has 6 heteroatoms. The Morgan fingerprint density at radius 1 is 1.25 bits per heavy atom. The topological polar surface area (TPSA) is 43.2 Å². The third kappa shape index (κ3) is 2.83. The molecule has 3 heterocycles. The number of rotatable bonds is 3. The summed E-state index contributed by atoms with van der Waals surface area (Å²) in [5.41, 5.74) is 2.94. The number of thiazole rings is 1. The Hall–Kier alpha value is -2.18. The van der Waals surface area contributed by atoms with E-state index in [-0.39, 0.29) is 5.60 Å². The summed E-state index contributed by atoms with van der Waals surface area (Å²) in [5, 5.41) is 7.46. The number of nitrogens with zero attached hydrogens (tertiary/aromatic N) is 4. The lowest BCUT2D eigenvalue weighted by atomic mass is 9.97. The monoisotopic (exact) mass is 340 g/mol. The first kappa shape index (κ1) is 15.4. The molecular formula is C18H20N4OS. The van der Waals surface area contributed by atoms with E-state index in [1.54, 1.807) is 11.3 Å². The fourth-order valence-corrected chi connectivity index (χ4v) is 3.92. The molecule has 1 fully saturated rings. The minimum atomic E-state index is -0.356. The predicted octanol–water partition coefficient (Wildman–Crippen LogP) is 3.30. The molecule has 2 aromatic heterocycles. The number of aromatic nitrogens is 3. The summed E-state index contributed by atoms with van der Waals surface area (Å²) in [6.45, 7) is 4.45. The normalized spacial score (nSPS) is 21.2. The Morgan fingerprint density at radius 3 is 2.83 bits per heavy atom. The zero-order valence-electron chi connectivity index (χ0n) is 13.8. The van der Waals surface area contributed by atoms with E-state index in [4.69, 9.17) is 9.72 Å². The highest BCUT2D eigenvalue weighted by Gasteiger charge is 2.36. The minimum absolute atomic E-state index is 0.356. The van der Waals surface area contributed by atoms with Crippen molar-refractivity contribution in [1.29, 1.82) is 0 Å². The molecule has 1 aliphatic heterocycles. The molecule has 0 amide bonds. The molecule has 3 aromatic rings. The average Bonchev–Trinajstić information content (AvgIpc) is 3.25. The van der Waals surface area contributed by atoms with Crippen molar-refractivity contribution < 1.29 is 4.74 Å². The molecule has 1 saturated heterocycles. The molecule has 1 aliphatic rings. The summed E-state index contributed by atoms with van der Waals surface area (Å²) >= 11 is 1.69. The molecule has 5 nitrogen and oxygen atoms in total. The van der Waals surface area contributed by atoms with Crippen LogP contribution < -0.4 is 4.90 Å². The molecular weight excluding hydrogens is 320 g/mol. The first-order chi connectivity index (χ1) is 11.6. The van der Waals surface area contributed by atoms with Crippen molar-refractivity contribution in [2.24, 2.45) is 7.05 Å². The molecule has 1 unspecified atom stereocenters. The van der Waals surface area contributed by atoms with E-state index in [0.717, 1.165) is 35.0 Å². The van der Waals surface area contributed by atoms with Gasteiger partial charge in [0.1, 0.15) is 5.60 Å². The second-order valence-corrected chi connectivity index (χ2v) is 7.12. The van der Waals surface area contributed by atoms with E-state index in [1.807, 2.05) is 42.3 Å². The van der Waals surface area contributed by atoms with Crippen LogP contribution in [0.15, 0.2) is 48.1 Å². The molecule has 0 bridgehead atoms. The van der Waals surface area contributed by atoms with Crippen LogP contribution in [0.5, 0.6) is 0 Å². The van der Waals surface area contributed by atoms with Crippen molar-refractivity contribution in [3.8, 4) is 11.3 Å². The van der Waals surface area contributed by atoms with E-state index < -0.39 is 0 Å². The van der Waals surface area contributed by atoms with Gasteiger partial charge < -0.3 is 9.64 Å². The summed E-state index contributed by atoms with van der Waals surface area (Å²) in [4.78, 5) is 7.15. The lowest BCUT2D eigenvalue weighted by Crippen LogP contribution is -2.48. The largest absolute Gasteiger partial charge is 0.367 e. The van der Waals surface area contributed by atoms with Crippen LogP contribution in [0, 0.1) is 0 Å². The number of aryl methyl sites for hydroxylation is 1. The van der Waals surface area contributed by atoms with Crippen LogP contribution in [0.2, 0.25) is 0 Å². The summed E-state index contributed by atoms with van der Waals surface area (Å²) < 4.78 is 7.91. The van der Waals surface area contributed by atoms with E-state index in [2.05, 4.69) is 34.4 Å². The molecule has 0 aliphatic carbocycles. The third-order valence-corrected chi connectivity index (χ3v) is 5.32. The Kier molecular flexibility index (Phi) is 3.86. The van der Waals surface area contributed by atoms with Gasteiger partial charge in [0.25, 0.3) is 0 Å². The maximum Gasteiger partial charge on any atom is 0.186 e. The summed E-state index contributed by atoms with van der Waals surface area (Å²) in [5.74, 6) is 0. The van der Waals surface area contributed by atoms with Crippen LogP contribution in [-0.2, 0) is 17.4 Å². The number of hydrogen-bond donors (Lipinski definition) is 0. The third-order valence-electron chi connectivity index (χ3n) is 4.42. The summed E-state index contributed by atoms with van der Waals surface area (Å²) in [7, 11) is 1.93. The van der Waals surface area contributed by atoms with Crippen molar-refractivity contribution in [3.05, 3.63) is 53.7 Å². The van der Waals surface area contributed by atoms with E-state index in [9.17, 15) is 0 Å². The Bertz CT molecular complexity index is 828. The Morgan fingerprint density at radius 2 is 2.08 bits per heavy atom. The molecule has 0 radical (unpaired) electrons. The first-order valence-corrected chi connectivity index (χ1v) is 8.91. The van der Waals surface area contributed by atoms with Gasteiger partial charge in [-0.1, -0.05) is 30.3 Å². The van der Waals surface area contributed by atoms with Gasteiger partial charge in [0.05, 0.1) is 25.0 Å². The number of hydrogen-bond acceptors (Lipinski definition) is 5. The molecule has 1 atom stereocenters. The van der Waals surface area contributed by atoms with Crippen LogP contribution in [0.1, 0.15) is 12.5 Å². The van der Waals surface area contributed by atoms with Gasteiger partial charge >= 0.3 is 0 Å². The highest BCUT2D eigenvalue weighted by Crippen LogP contribution is 2.34. The van der Waals surface area contributed by atoms with Gasteiger partial charge in [-0.2, -0.15) is 5.10 Å². The van der Waals surface area contributed by atoms with Crippen molar-refractivity contribution in [2.75, 3.05) is 24.6 Å². The minimum Gasteiger partial charge on any atom is -0.367 e. The smallest absolute Gasteiger partial charge is 0.186 e. The van der Waals surface area contributed by atoms with Gasteiger partial charge in [-0.05, 0) is 6.92 Å². The fourth-order valence-electron chi connectivity index (χ4n) is 3.05. The van der Waals surface area contributed by atoms with E-state index >= 15 is 0 Å². The molecule has 24 heavy (non-hydrogen) atoms. The highest BCUT2D eigenvalue weighted by atomic mass is 32.1. The quantitative estimate of drug-likeness (QED) is 0.734. The molecule has 0 saturated carbocycles. The molecule has 0 N–H and O–H groups in total. The van der Waals surface area contributed by atoms with Crippen LogP contribution in [-0.4, -0.2) is 34.5 Å². The summed E-state index contributed by atoms with van der Waals surface area (Å²) in [6.07, 6.45) is 3.92. The number of benzene rings is 1. The van der Waals surface area contributed by atoms with Crippen molar-refractivity contribution in [2.45, 2.75) is 12.5 Å². The van der Waals surface area contributed by atoms with Crippen LogP contribution >= 0.6 is 11.3 Å². The molecule has 1 aromatic carbocycles. The first-order valence-electron chi connectivity index (χ1n) is 8.03. The zero-order valence-corrected chi connectivity index (χ0v) is 14.7. The van der Waals surface area contributed by atoms with E-state index in [0.29, 0.717) is 6.61 Å². The highest BCUT2D eigenvalue weighted by molar-refractivity contribution is 7.14. The van der Waals surface area contributed by atoms with Crippen LogP contribution in [0.4, 0.5) is 5.13 Å². The number of ether oxygens (including phenoxy) is 1. The van der Waals surface area contributed by atoms with Gasteiger partial charge in [-0.25, -0.2) is 4.98 Å². The molecule has 4 rings (SSSR count). The lowest BCUT2D eigenvalue weighted by Gasteiger charge is -2.40. The Balaban J connectivity index is 1.58. The van der Waals surface area contributed by atoms with Crippen molar-refractivity contribution in [3.63, 3.8) is 0 Å². The maximum absolute atomic E-state index is 6.09. The SMILES string of the molecule is Cn1cc(C2(C)CN(c3nc(-c4ccccc4)cs3)CCO2)cn1. The lowest BCUT2D eigenvalue weighted by molar-refractivity contribution is -0.0466. The number of anilines is 1. The fraction of sp³-hybridized carbons (Fsp3) is 0.333.